The summed E-state index contributed by atoms with van der Waals surface area (Å²) in [5.41, 5.74) is 4.41. The van der Waals surface area contributed by atoms with Crippen LogP contribution in [0.1, 0.15) is 109 Å². The summed E-state index contributed by atoms with van der Waals surface area (Å²) >= 11 is 0. The topological polar surface area (TPSA) is 9.23 Å². The highest BCUT2D eigenvalue weighted by molar-refractivity contribution is 5.53. The van der Waals surface area contributed by atoms with E-state index in [-0.39, 0.29) is 25.7 Å². The second kappa shape index (κ2) is 21.3. The lowest BCUT2D eigenvalue weighted by Gasteiger charge is -2.46. The van der Waals surface area contributed by atoms with E-state index in [4.69, 9.17) is 4.74 Å². The normalized spacial score (nSPS) is 13.0. The van der Waals surface area contributed by atoms with Crippen LogP contribution in [0.4, 0.5) is 43.9 Å². The molecule has 0 heterocycles. The van der Waals surface area contributed by atoms with Crippen LogP contribution in [0.5, 0.6) is 0 Å². The molecule has 0 unspecified atom stereocenters. The number of rotatable bonds is 22. The SMILES string of the molecule is FC(F)(F)C(F)(F)CCCCCCc1ccc(C(OC(c2ccccc2)(c2ccccc2)c2ccc(CCCCCCC(F)(F)C(F)(F)F)cc2)(c2ccccc2)c2ccccc2)cc1. The van der Waals surface area contributed by atoms with Gasteiger partial charge in [0.15, 0.2) is 0 Å². The van der Waals surface area contributed by atoms with Gasteiger partial charge in [-0.25, -0.2) is 0 Å². The van der Waals surface area contributed by atoms with Gasteiger partial charge in [0, 0.05) is 12.8 Å². The predicted octanol–water partition coefficient (Wildman–Crippen LogP) is 16.4. The molecule has 65 heavy (non-hydrogen) atoms. The van der Waals surface area contributed by atoms with Crippen molar-refractivity contribution in [2.45, 2.75) is 112 Å². The van der Waals surface area contributed by atoms with E-state index in [1.165, 1.54) is 0 Å². The molecule has 0 bridgehead atoms. The second-order valence-electron chi connectivity index (χ2n) is 16.6. The van der Waals surface area contributed by atoms with Crippen LogP contribution in [0.15, 0.2) is 170 Å². The minimum atomic E-state index is -5.55. The molecule has 0 saturated carbocycles. The Bertz CT molecular complexity index is 2060. The summed E-state index contributed by atoms with van der Waals surface area (Å²) in [6.07, 6.45) is -10.1. The van der Waals surface area contributed by atoms with Crippen molar-refractivity contribution in [1.82, 2.24) is 0 Å². The Hall–Kier alpha value is -5.42. The van der Waals surface area contributed by atoms with Gasteiger partial charge in [-0.05, 0) is 83.0 Å². The van der Waals surface area contributed by atoms with Crippen molar-refractivity contribution in [3.8, 4) is 0 Å². The van der Waals surface area contributed by atoms with E-state index in [2.05, 4.69) is 0 Å². The van der Waals surface area contributed by atoms with Gasteiger partial charge in [0.05, 0.1) is 0 Å². The third-order valence-corrected chi connectivity index (χ3v) is 12.0. The number of alkyl halides is 10. The summed E-state index contributed by atoms with van der Waals surface area (Å²) in [4.78, 5) is 0. The molecule has 0 aliphatic rings. The van der Waals surface area contributed by atoms with Gasteiger partial charge in [-0.1, -0.05) is 196 Å². The smallest absolute Gasteiger partial charge is 0.340 e. The zero-order valence-corrected chi connectivity index (χ0v) is 35.8. The molecule has 0 fully saturated rings. The standard InChI is InChI=1S/C54H52F10O/c55-49(56,53(59,60)61)39-19-3-1-9-21-41-31-35-47(36-32-41)51(43-23-11-5-12-24-43,44-25-13-6-14-26-44)65-52(45-27-15-7-16-28-45,46-29-17-8-18-30-46)48-37-33-42(34-38-48)22-10-2-4-20-40-50(57,58)54(62,63)64/h5-8,11-18,23-38H,1-4,9-10,19-22,39-40H2. The number of unbranched alkanes of at least 4 members (excludes halogenated alkanes) is 6. The number of hydrogen-bond donors (Lipinski definition) is 0. The Labute approximate surface area is 374 Å². The summed E-state index contributed by atoms with van der Waals surface area (Å²) in [7, 11) is 0. The largest absolute Gasteiger partial charge is 0.453 e. The van der Waals surface area contributed by atoms with E-state index in [0.717, 1.165) is 44.5 Å². The molecular formula is C54H52F10O. The van der Waals surface area contributed by atoms with E-state index in [9.17, 15) is 43.9 Å². The van der Waals surface area contributed by atoms with Crippen molar-refractivity contribution in [1.29, 1.82) is 0 Å². The number of hydrogen-bond acceptors (Lipinski definition) is 1. The van der Waals surface area contributed by atoms with Crippen LogP contribution in [0, 0.1) is 0 Å². The van der Waals surface area contributed by atoms with Crippen LogP contribution in [0.3, 0.4) is 0 Å². The van der Waals surface area contributed by atoms with Gasteiger partial charge in [-0.2, -0.15) is 43.9 Å². The van der Waals surface area contributed by atoms with Crippen LogP contribution < -0.4 is 0 Å². The fraction of sp³-hybridized carbons (Fsp3) is 0.333. The minimum Gasteiger partial charge on any atom is -0.340 e. The summed E-state index contributed by atoms with van der Waals surface area (Å²) in [6, 6.07) is 55.7. The molecular weight excluding hydrogens is 855 g/mol. The lowest BCUT2D eigenvalue weighted by atomic mass is 9.75. The third kappa shape index (κ3) is 11.7. The number of benzene rings is 6. The van der Waals surface area contributed by atoms with E-state index in [0.29, 0.717) is 38.5 Å². The Morgan fingerprint density at radius 2 is 0.523 bits per heavy atom. The Balaban J connectivity index is 1.36. The number of aryl methyl sites for hydroxylation is 2. The zero-order valence-electron chi connectivity index (χ0n) is 35.8. The molecule has 0 N–H and O–H groups in total. The highest BCUT2D eigenvalue weighted by atomic mass is 19.4. The maximum Gasteiger partial charge on any atom is 0.453 e. The Kier molecular flexibility index (Phi) is 16.0. The average Bonchev–Trinajstić information content (AvgIpc) is 3.30. The molecule has 11 heteroatoms. The minimum absolute atomic E-state index is 0.227. The van der Waals surface area contributed by atoms with Gasteiger partial charge in [-0.15, -0.1) is 0 Å². The van der Waals surface area contributed by atoms with Crippen molar-refractivity contribution >= 4 is 0 Å². The summed E-state index contributed by atoms with van der Waals surface area (Å²) in [5.74, 6) is -9.39. The van der Waals surface area contributed by atoms with Gasteiger partial charge in [0.1, 0.15) is 11.2 Å². The molecule has 344 valence electrons. The fourth-order valence-corrected chi connectivity index (χ4v) is 8.43. The molecule has 0 spiro atoms. The van der Waals surface area contributed by atoms with E-state index >= 15 is 0 Å². The van der Waals surface area contributed by atoms with Crippen LogP contribution in [0.2, 0.25) is 0 Å². The van der Waals surface area contributed by atoms with Gasteiger partial charge in [0.25, 0.3) is 0 Å². The molecule has 0 saturated heterocycles. The Morgan fingerprint density at radius 1 is 0.277 bits per heavy atom. The average molecular weight is 907 g/mol. The summed E-state index contributed by atoms with van der Waals surface area (Å²) in [6.45, 7) is 0. The zero-order chi connectivity index (χ0) is 46.6. The maximum atomic E-state index is 13.4. The van der Waals surface area contributed by atoms with Gasteiger partial charge in [-0.3, -0.25) is 0 Å². The number of halogens is 10. The first-order chi connectivity index (χ1) is 31.0. The summed E-state index contributed by atoms with van der Waals surface area (Å²) in [5, 5.41) is 0. The van der Waals surface area contributed by atoms with E-state index in [1.54, 1.807) is 0 Å². The van der Waals surface area contributed by atoms with Crippen LogP contribution in [0.25, 0.3) is 0 Å². The van der Waals surface area contributed by atoms with Crippen molar-refractivity contribution in [3.05, 3.63) is 214 Å². The van der Waals surface area contributed by atoms with Crippen molar-refractivity contribution in [3.63, 3.8) is 0 Å². The van der Waals surface area contributed by atoms with Crippen molar-refractivity contribution in [2.75, 3.05) is 0 Å². The molecule has 0 amide bonds. The third-order valence-electron chi connectivity index (χ3n) is 12.0. The van der Waals surface area contributed by atoms with Gasteiger partial charge >= 0.3 is 24.2 Å². The highest BCUT2D eigenvalue weighted by Crippen LogP contribution is 2.51. The molecule has 1 nitrogen and oxygen atoms in total. The maximum absolute atomic E-state index is 13.4. The van der Waals surface area contributed by atoms with Crippen LogP contribution in [-0.2, 0) is 28.8 Å². The van der Waals surface area contributed by atoms with Gasteiger partial charge in [0.2, 0.25) is 0 Å². The van der Waals surface area contributed by atoms with Gasteiger partial charge < -0.3 is 4.74 Å². The fourth-order valence-electron chi connectivity index (χ4n) is 8.43. The van der Waals surface area contributed by atoms with Crippen molar-refractivity contribution in [2.24, 2.45) is 0 Å². The Morgan fingerprint density at radius 3 is 0.785 bits per heavy atom. The van der Waals surface area contributed by atoms with Crippen LogP contribution >= 0.6 is 0 Å². The molecule has 0 atom stereocenters. The lowest BCUT2D eigenvalue weighted by Crippen LogP contribution is -2.44. The first-order valence-electron chi connectivity index (χ1n) is 22.0. The second-order valence-corrected chi connectivity index (χ2v) is 16.6. The molecule has 6 aromatic carbocycles. The molecule has 0 radical (unpaired) electrons. The van der Waals surface area contributed by atoms with E-state index in [1.807, 2.05) is 170 Å². The lowest BCUT2D eigenvalue weighted by molar-refractivity contribution is -0.284. The quantitative estimate of drug-likeness (QED) is 0.0375. The molecule has 0 aliphatic heterocycles. The molecule has 6 aromatic rings. The predicted molar refractivity (Wildman–Crippen MR) is 235 cm³/mol. The highest BCUT2D eigenvalue weighted by Gasteiger charge is 2.57. The summed E-state index contributed by atoms with van der Waals surface area (Å²) < 4.78 is 138. The monoisotopic (exact) mass is 906 g/mol. The molecule has 0 aromatic heterocycles. The first-order valence-corrected chi connectivity index (χ1v) is 22.0. The van der Waals surface area contributed by atoms with Crippen LogP contribution in [-0.4, -0.2) is 24.2 Å². The number of ether oxygens (including phenoxy) is 1. The van der Waals surface area contributed by atoms with Crippen molar-refractivity contribution < 1.29 is 48.6 Å². The molecule has 6 rings (SSSR count). The molecule has 0 aliphatic carbocycles. The van der Waals surface area contributed by atoms with E-state index < -0.39 is 48.2 Å². The first kappa shape index (κ1) is 49.0.